The van der Waals surface area contributed by atoms with Crippen LogP contribution in [-0.4, -0.2) is 12.1 Å². The molecule has 2 nitrogen and oxygen atoms in total. The zero-order chi connectivity index (χ0) is 13.0. The highest BCUT2D eigenvalue weighted by atomic mass is 15.0. The molecule has 2 heteroatoms. The van der Waals surface area contributed by atoms with Gasteiger partial charge in [0.25, 0.3) is 0 Å². The van der Waals surface area contributed by atoms with Crippen molar-refractivity contribution < 1.29 is 0 Å². The molecule has 0 aliphatic heterocycles. The molecule has 1 aromatic rings. The number of rotatable bonds is 7. The molecule has 3 N–H and O–H groups in total. The van der Waals surface area contributed by atoms with Crippen molar-refractivity contribution in [1.29, 1.82) is 0 Å². The Balaban J connectivity index is 2.08. The van der Waals surface area contributed by atoms with Crippen LogP contribution < -0.4 is 11.1 Å². The maximum atomic E-state index is 6.10. The molecule has 0 saturated heterocycles. The topological polar surface area (TPSA) is 38.0 Å². The molecule has 0 heterocycles. The summed E-state index contributed by atoms with van der Waals surface area (Å²) in [6.07, 6.45) is 5.06. The lowest BCUT2D eigenvalue weighted by Gasteiger charge is -2.37. The van der Waals surface area contributed by atoms with Crippen molar-refractivity contribution in [2.75, 3.05) is 6.54 Å². The first kappa shape index (κ1) is 13.6. The van der Waals surface area contributed by atoms with Crippen LogP contribution in [0.4, 0.5) is 0 Å². The van der Waals surface area contributed by atoms with Gasteiger partial charge in [-0.15, -0.1) is 0 Å². The van der Waals surface area contributed by atoms with Crippen LogP contribution in [0.25, 0.3) is 0 Å². The minimum absolute atomic E-state index is 0.157. The van der Waals surface area contributed by atoms with Gasteiger partial charge in [-0.25, -0.2) is 0 Å². The standard InChI is InChI=1S/C16H26N2/c1-3-11-16(12-17,15-9-10-15)18-13(2)14-7-5-4-6-8-14/h4-8,13,15,18H,3,9-12,17H2,1-2H3. The highest BCUT2D eigenvalue weighted by molar-refractivity contribution is 5.19. The lowest BCUT2D eigenvalue weighted by atomic mass is 9.86. The zero-order valence-corrected chi connectivity index (χ0v) is 11.7. The number of benzene rings is 1. The Morgan fingerprint density at radius 1 is 1.33 bits per heavy atom. The Bertz CT molecular complexity index is 359. The van der Waals surface area contributed by atoms with Crippen molar-refractivity contribution in [3.8, 4) is 0 Å². The third-order valence-electron chi connectivity index (χ3n) is 4.22. The summed E-state index contributed by atoms with van der Waals surface area (Å²) in [5.41, 5.74) is 7.61. The highest BCUT2D eigenvalue weighted by Gasteiger charge is 2.43. The van der Waals surface area contributed by atoms with Gasteiger partial charge < -0.3 is 11.1 Å². The molecule has 2 unspecified atom stereocenters. The van der Waals surface area contributed by atoms with Gasteiger partial charge in [0, 0.05) is 18.1 Å². The molecule has 0 spiro atoms. The average molecular weight is 246 g/mol. The second-order valence-electron chi connectivity index (χ2n) is 5.66. The van der Waals surface area contributed by atoms with Gasteiger partial charge in [0.2, 0.25) is 0 Å². The molecule has 1 fully saturated rings. The van der Waals surface area contributed by atoms with Crippen LogP contribution in [-0.2, 0) is 0 Å². The predicted octanol–water partition coefficient (Wildman–Crippen LogP) is 3.24. The number of hydrogen-bond acceptors (Lipinski definition) is 2. The lowest BCUT2D eigenvalue weighted by molar-refractivity contribution is 0.242. The Morgan fingerprint density at radius 3 is 2.50 bits per heavy atom. The summed E-state index contributed by atoms with van der Waals surface area (Å²) in [6, 6.07) is 11.0. The van der Waals surface area contributed by atoms with Gasteiger partial charge in [-0.1, -0.05) is 43.7 Å². The summed E-state index contributed by atoms with van der Waals surface area (Å²) in [6.45, 7) is 5.25. The molecule has 0 radical (unpaired) electrons. The minimum Gasteiger partial charge on any atom is -0.329 e. The Morgan fingerprint density at radius 2 is 2.00 bits per heavy atom. The monoisotopic (exact) mass is 246 g/mol. The van der Waals surface area contributed by atoms with Gasteiger partial charge in [0.15, 0.2) is 0 Å². The quantitative estimate of drug-likeness (QED) is 0.775. The molecule has 1 aliphatic rings. The van der Waals surface area contributed by atoms with Crippen LogP contribution in [0, 0.1) is 5.92 Å². The van der Waals surface area contributed by atoms with Gasteiger partial charge in [-0.05, 0) is 37.7 Å². The first-order chi connectivity index (χ1) is 8.72. The molecule has 2 atom stereocenters. The highest BCUT2D eigenvalue weighted by Crippen LogP contribution is 2.42. The van der Waals surface area contributed by atoms with E-state index in [-0.39, 0.29) is 5.54 Å². The normalized spacial score (nSPS) is 20.4. The third kappa shape index (κ3) is 2.93. The summed E-state index contributed by atoms with van der Waals surface area (Å²) in [5.74, 6) is 0.786. The Labute approximate surface area is 111 Å². The van der Waals surface area contributed by atoms with Crippen LogP contribution in [0.15, 0.2) is 30.3 Å². The first-order valence-corrected chi connectivity index (χ1v) is 7.24. The molecule has 0 bridgehead atoms. The van der Waals surface area contributed by atoms with E-state index in [2.05, 4.69) is 49.5 Å². The average Bonchev–Trinajstić information content (AvgIpc) is 3.24. The fourth-order valence-electron chi connectivity index (χ4n) is 3.06. The van der Waals surface area contributed by atoms with Crippen LogP contribution in [0.2, 0.25) is 0 Å². The van der Waals surface area contributed by atoms with Crippen molar-refractivity contribution in [2.24, 2.45) is 11.7 Å². The van der Waals surface area contributed by atoms with E-state index in [0.717, 1.165) is 12.5 Å². The van der Waals surface area contributed by atoms with Crippen molar-refractivity contribution in [1.82, 2.24) is 5.32 Å². The molecule has 18 heavy (non-hydrogen) atoms. The van der Waals surface area contributed by atoms with Gasteiger partial charge in [-0.3, -0.25) is 0 Å². The van der Waals surface area contributed by atoms with Crippen LogP contribution >= 0.6 is 0 Å². The van der Waals surface area contributed by atoms with E-state index in [1.807, 2.05) is 0 Å². The van der Waals surface area contributed by atoms with E-state index in [9.17, 15) is 0 Å². The van der Waals surface area contributed by atoms with Gasteiger partial charge in [0.05, 0.1) is 0 Å². The molecule has 1 saturated carbocycles. The molecular formula is C16H26N2. The second kappa shape index (κ2) is 5.85. The number of nitrogens with two attached hydrogens (primary N) is 1. The lowest BCUT2D eigenvalue weighted by Crippen LogP contribution is -2.53. The summed E-state index contributed by atoms with van der Waals surface area (Å²) in [5, 5.41) is 3.83. The molecule has 1 aliphatic carbocycles. The molecule has 2 rings (SSSR count). The maximum Gasteiger partial charge on any atom is 0.0337 e. The summed E-state index contributed by atoms with van der Waals surface area (Å²) < 4.78 is 0. The summed E-state index contributed by atoms with van der Waals surface area (Å²) >= 11 is 0. The van der Waals surface area contributed by atoms with Gasteiger partial charge in [0.1, 0.15) is 0 Å². The van der Waals surface area contributed by atoms with Crippen molar-refractivity contribution in [3.63, 3.8) is 0 Å². The summed E-state index contributed by atoms with van der Waals surface area (Å²) in [4.78, 5) is 0. The van der Waals surface area contributed by atoms with E-state index >= 15 is 0 Å². The van der Waals surface area contributed by atoms with Crippen LogP contribution in [0.1, 0.15) is 51.1 Å². The predicted molar refractivity (Wildman–Crippen MR) is 77.4 cm³/mol. The van der Waals surface area contributed by atoms with E-state index in [1.165, 1.54) is 31.2 Å². The van der Waals surface area contributed by atoms with E-state index in [0.29, 0.717) is 6.04 Å². The minimum atomic E-state index is 0.157. The molecule has 100 valence electrons. The third-order valence-corrected chi connectivity index (χ3v) is 4.22. The smallest absolute Gasteiger partial charge is 0.0337 e. The number of hydrogen-bond donors (Lipinski definition) is 2. The van der Waals surface area contributed by atoms with Crippen LogP contribution in [0.5, 0.6) is 0 Å². The number of nitrogens with one attached hydrogen (secondary N) is 1. The fraction of sp³-hybridized carbons (Fsp3) is 0.625. The SMILES string of the molecule is CCCC(CN)(NC(C)c1ccccc1)C1CC1. The molecule has 0 aromatic heterocycles. The maximum absolute atomic E-state index is 6.10. The van der Waals surface area contributed by atoms with Gasteiger partial charge in [-0.2, -0.15) is 0 Å². The Kier molecular flexibility index (Phi) is 4.41. The van der Waals surface area contributed by atoms with Crippen LogP contribution in [0.3, 0.4) is 0 Å². The molecule has 1 aromatic carbocycles. The molecule has 0 amide bonds. The van der Waals surface area contributed by atoms with Crippen molar-refractivity contribution in [3.05, 3.63) is 35.9 Å². The largest absolute Gasteiger partial charge is 0.329 e. The van der Waals surface area contributed by atoms with E-state index in [1.54, 1.807) is 0 Å². The van der Waals surface area contributed by atoms with E-state index < -0.39 is 0 Å². The zero-order valence-electron chi connectivity index (χ0n) is 11.7. The Hall–Kier alpha value is -0.860. The summed E-state index contributed by atoms with van der Waals surface area (Å²) in [7, 11) is 0. The van der Waals surface area contributed by atoms with Crippen molar-refractivity contribution in [2.45, 2.75) is 51.1 Å². The second-order valence-corrected chi connectivity index (χ2v) is 5.66. The first-order valence-electron chi connectivity index (χ1n) is 7.24. The van der Waals surface area contributed by atoms with E-state index in [4.69, 9.17) is 5.73 Å². The van der Waals surface area contributed by atoms with Gasteiger partial charge >= 0.3 is 0 Å². The van der Waals surface area contributed by atoms with Crippen molar-refractivity contribution >= 4 is 0 Å². The fourth-order valence-corrected chi connectivity index (χ4v) is 3.06. The molecular weight excluding hydrogens is 220 g/mol.